The third kappa shape index (κ3) is 6.90. The molecule has 10 heteroatoms. The Morgan fingerprint density at radius 3 is 2.31 bits per heavy atom. The highest BCUT2D eigenvalue weighted by Gasteiger charge is 2.22. The van der Waals surface area contributed by atoms with E-state index in [9.17, 15) is 4.79 Å². The Hall–Kier alpha value is -2.71. The number of hydrogen-bond acceptors (Lipinski definition) is 5. The molecular formula is C29H28Cl3N5OS. The topological polar surface area (TPSA) is 54.3 Å². The van der Waals surface area contributed by atoms with E-state index >= 15 is 0 Å². The van der Waals surface area contributed by atoms with E-state index in [-0.39, 0.29) is 5.91 Å². The van der Waals surface area contributed by atoms with Crippen molar-refractivity contribution in [2.24, 2.45) is 0 Å². The molecule has 39 heavy (non-hydrogen) atoms. The van der Waals surface area contributed by atoms with E-state index < -0.39 is 0 Å². The molecule has 1 aliphatic rings. The number of benzene rings is 3. The third-order valence-corrected chi connectivity index (χ3v) is 8.73. The Balaban J connectivity index is 1.18. The van der Waals surface area contributed by atoms with Crippen molar-refractivity contribution in [2.75, 3.05) is 36.8 Å². The van der Waals surface area contributed by atoms with Crippen LogP contribution in [0.25, 0.3) is 5.69 Å². The quantitative estimate of drug-likeness (QED) is 0.152. The number of para-hydroxylation sites is 1. The van der Waals surface area contributed by atoms with Crippen LogP contribution < -0.4 is 4.90 Å². The van der Waals surface area contributed by atoms with Crippen molar-refractivity contribution in [3.63, 3.8) is 0 Å². The van der Waals surface area contributed by atoms with Crippen LogP contribution in [0.1, 0.15) is 24.2 Å². The summed E-state index contributed by atoms with van der Waals surface area (Å²) < 4.78 is 2.02. The van der Waals surface area contributed by atoms with Gasteiger partial charge in [-0.3, -0.25) is 9.36 Å². The normalized spacial score (nSPS) is 13.6. The number of nitrogens with zero attached hydrogens (tertiary/aromatic N) is 5. The summed E-state index contributed by atoms with van der Waals surface area (Å²) in [5, 5.41) is 11.5. The molecule has 0 aliphatic carbocycles. The van der Waals surface area contributed by atoms with Gasteiger partial charge in [0.2, 0.25) is 5.91 Å². The van der Waals surface area contributed by atoms with Crippen molar-refractivity contribution >= 4 is 58.2 Å². The van der Waals surface area contributed by atoms with Gasteiger partial charge in [0, 0.05) is 44.8 Å². The molecule has 1 saturated heterocycles. The van der Waals surface area contributed by atoms with E-state index in [0.717, 1.165) is 58.2 Å². The molecule has 0 radical (unpaired) electrons. The fourth-order valence-electron chi connectivity index (χ4n) is 4.62. The first-order chi connectivity index (χ1) is 19.0. The molecule has 1 aromatic heterocycles. The molecule has 0 unspecified atom stereocenters. The number of piperazine rings is 1. The smallest absolute Gasteiger partial charge is 0.222 e. The Labute approximate surface area is 247 Å². The van der Waals surface area contributed by atoms with Gasteiger partial charge < -0.3 is 9.80 Å². The van der Waals surface area contributed by atoms with Crippen molar-refractivity contribution in [3.05, 3.63) is 99.3 Å². The van der Waals surface area contributed by atoms with Crippen LogP contribution in [-0.2, 0) is 11.2 Å². The van der Waals surface area contributed by atoms with Crippen LogP contribution in [0.4, 0.5) is 5.69 Å². The Morgan fingerprint density at radius 2 is 1.56 bits per heavy atom. The highest BCUT2D eigenvalue weighted by atomic mass is 35.5. The summed E-state index contributed by atoms with van der Waals surface area (Å²) >= 11 is 20.5. The Bertz CT molecular complexity index is 1420. The second-order valence-corrected chi connectivity index (χ2v) is 11.5. The van der Waals surface area contributed by atoms with Gasteiger partial charge in [0.15, 0.2) is 5.16 Å². The van der Waals surface area contributed by atoms with Crippen LogP contribution >= 0.6 is 46.6 Å². The lowest BCUT2D eigenvalue weighted by molar-refractivity contribution is -0.131. The molecule has 0 bridgehead atoms. The maximum absolute atomic E-state index is 12.9. The summed E-state index contributed by atoms with van der Waals surface area (Å²) in [6.45, 7) is 2.96. The Kier molecular flexibility index (Phi) is 9.35. The predicted molar refractivity (Wildman–Crippen MR) is 161 cm³/mol. The minimum absolute atomic E-state index is 0.185. The van der Waals surface area contributed by atoms with Gasteiger partial charge in [0.05, 0.1) is 26.4 Å². The SMILES string of the molecule is O=C(CCCSc1nnc(Cc2ccccc2)n1-c1ccc(Cl)c(Cl)c1)N1CCN(c2ccccc2Cl)CC1. The molecule has 6 nitrogen and oxygen atoms in total. The average Bonchev–Trinajstić information content (AvgIpc) is 3.35. The highest BCUT2D eigenvalue weighted by molar-refractivity contribution is 7.99. The Morgan fingerprint density at radius 1 is 0.821 bits per heavy atom. The molecule has 0 spiro atoms. The fraction of sp³-hybridized carbons (Fsp3) is 0.276. The maximum atomic E-state index is 12.9. The van der Waals surface area contributed by atoms with Crippen LogP contribution in [0.3, 0.4) is 0 Å². The number of rotatable bonds is 9. The van der Waals surface area contributed by atoms with Crippen LogP contribution in [-0.4, -0.2) is 57.5 Å². The third-order valence-electron chi connectivity index (χ3n) is 6.66. The maximum Gasteiger partial charge on any atom is 0.222 e. The molecule has 2 heterocycles. The zero-order chi connectivity index (χ0) is 27.2. The standard InChI is InChI=1S/C29H28Cl3N5OS/c30-23-13-12-22(20-25(23)32)37-27(19-21-7-2-1-3-8-21)33-34-29(37)39-18-6-11-28(38)36-16-14-35(15-17-36)26-10-5-4-9-24(26)31/h1-5,7-10,12-13,20H,6,11,14-19H2. The van der Waals surface area contributed by atoms with Crippen molar-refractivity contribution in [1.82, 2.24) is 19.7 Å². The lowest BCUT2D eigenvalue weighted by Gasteiger charge is -2.36. The van der Waals surface area contributed by atoms with E-state index in [2.05, 4.69) is 27.2 Å². The summed E-state index contributed by atoms with van der Waals surface area (Å²) in [7, 11) is 0. The first kappa shape index (κ1) is 27.8. The van der Waals surface area contributed by atoms with Gasteiger partial charge in [-0.15, -0.1) is 10.2 Å². The molecule has 5 rings (SSSR count). The van der Waals surface area contributed by atoms with Gasteiger partial charge in [-0.05, 0) is 42.3 Å². The van der Waals surface area contributed by atoms with Crippen LogP contribution in [0.5, 0.6) is 0 Å². The monoisotopic (exact) mass is 599 g/mol. The van der Waals surface area contributed by atoms with Gasteiger partial charge in [-0.1, -0.05) is 89.0 Å². The number of thioether (sulfide) groups is 1. The number of amides is 1. The molecule has 0 atom stereocenters. The minimum Gasteiger partial charge on any atom is -0.367 e. The molecule has 3 aromatic carbocycles. The fourth-order valence-corrected chi connectivity index (χ4v) is 6.08. The zero-order valence-corrected chi connectivity index (χ0v) is 24.4. The van der Waals surface area contributed by atoms with Gasteiger partial charge in [-0.25, -0.2) is 0 Å². The molecule has 1 aliphatic heterocycles. The summed E-state index contributed by atoms with van der Waals surface area (Å²) in [4.78, 5) is 17.1. The summed E-state index contributed by atoms with van der Waals surface area (Å²) in [6.07, 6.45) is 1.88. The first-order valence-corrected chi connectivity index (χ1v) is 15.0. The van der Waals surface area contributed by atoms with Crippen LogP contribution in [0.15, 0.2) is 78.0 Å². The number of hydrogen-bond donors (Lipinski definition) is 0. The molecule has 1 fully saturated rings. The number of carbonyl (C=O) groups is 1. The minimum atomic E-state index is 0.185. The van der Waals surface area contributed by atoms with E-state index in [1.165, 1.54) is 0 Å². The number of anilines is 1. The number of carbonyl (C=O) groups excluding carboxylic acids is 1. The van der Waals surface area contributed by atoms with Crippen molar-refractivity contribution in [3.8, 4) is 5.69 Å². The highest BCUT2D eigenvalue weighted by Crippen LogP contribution is 2.30. The van der Waals surface area contributed by atoms with Crippen molar-refractivity contribution in [2.45, 2.75) is 24.4 Å². The number of halogens is 3. The molecule has 1 amide bonds. The van der Waals surface area contributed by atoms with Gasteiger partial charge in [-0.2, -0.15) is 0 Å². The molecule has 0 N–H and O–H groups in total. The second-order valence-electron chi connectivity index (χ2n) is 9.27. The lowest BCUT2D eigenvalue weighted by atomic mass is 10.1. The largest absolute Gasteiger partial charge is 0.367 e. The van der Waals surface area contributed by atoms with Gasteiger partial charge in [0.25, 0.3) is 0 Å². The van der Waals surface area contributed by atoms with Crippen LogP contribution in [0.2, 0.25) is 15.1 Å². The van der Waals surface area contributed by atoms with Crippen molar-refractivity contribution < 1.29 is 4.79 Å². The van der Waals surface area contributed by atoms with Crippen LogP contribution in [0, 0.1) is 0 Å². The molecule has 0 saturated carbocycles. The first-order valence-electron chi connectivity index (χ1n) is 12.8. The zero-order valence-electron chi connectivity index (χ0n) is 21.3. The molecule has 202 valence electrons. The molecule has 4 aromatic rings. The van der Waals surface area contributed by atoms with E-state index in [0.29, 0.717) is 36.0 Å². The number of aromatic nitrogens is 3. The summed E-state index contributed by atoms with van der Waals surface area (Å²) in [6, 6.07) is 23.5. The van der Waals surface area contributed by atoms with Crippen molar-refractivity contribution in [1.29, 1.82) is 0 Å². The van der Waals surface area contributed by atoms with E-state index in [1.54, 1.807) is 17.8 Å². The summed E-state index contributed by atoms with van der Waals surface area (Å²) in [5.41, 5.74) is 3.03. The van der Waals surface area contributed by atoms with Gasteiger partial charge >= 0.3 is 0 Å². The summed E-state index contributed by atoms with van der Waals surface area (Å²) in [5.74, 6) is 1.75. The van der Waals surface area contributed by atoms with Gasteiger partial charge in [0.1, 0.15) is 5.82 Å². The lowest BCUT2D eigenvalue weighted by Crippen LogP contribution is -2.48. The average molecular weight is 601 g/mol. The molecular weight excluding hydrogens is 573 g/mol. The van der Waals surface area contributed by atoms with E-state index in [4.69, 9.17) is 34.8 Å². The second kappa shape index (κ2) is 13.1. The van der Waals surface area contributed by atoms with E-state index in [1.807, 2.05) is 64.1 Å². The predicted octanol–water partition coefficient (Wildman–Crippen LogP) is 7.04.